The molecule has 0 saturated heterocycles. The van der Waals surface area contributed by atoms with Crippen LogP contribution in [0.4, 0.5) is 0 Å². The van der Waals surface area contributed by atoms with E-state index in [-0.39, 0.29) is 6.42 Å². The van der Waals surface area contributed by atoms with E-state index >= 15 is 0 Å². The highest BCUT2D eigenvalue weighted by atomic mass is 16.5. The minimum atomic E-state index is -3.57. The lowest BCUT2D eigenvalue weighted by atomic mass is 10.1. The van der Waals surface area contributed by atoms with Crippen LogP contribution in [0.5, 0.6) is 0 Å². The molecule has 0 heterocycles. The molecule has 0 aromatic heterocycles. The Kier molecular flexibility index (Phi) is 7.58. The number of carboxylic acids is 1. The van der Waals surface area contributed by atoms with Crippen LogP contribution in [0.2, 0.25) is 0 Å². The number of carboxylic acid groups (broad SMARTS) is 1. The number of likely N-dealkylation sites (N-methyl/N-ethyl adjacent to an activating group) is 1. The highest BCUT2D eigenvalue weighted by Crippen LogP contribution is 2.13. The second-order valence-electron chi connectivity index (χ2n) is 6.97. The number of carbonyl (C=O) groups excluding carboxylic acids is 2. The molecule has 0 rings (SSSR count). The molecule has 0 amide bonds. The average molecular weight is 381 g/mol. The van der Waals surface area contributed by atoms with Crippen molar-refractivity contribution in [2.45, 2.75) is 96.5 Å². The number of carbonyl (C=O) groups is 2. The summed E-state index contributed by atoms with van der Waals surface area (Å²) in [5.41, 5.74) is 0. The normalized spacial score (nSPS) is 19.3. The molecule has 5 heteroatoms. The van der Waals surface area contributed by atoms with Crippen LogP contribution >= 0.6 is 0 Å². The Bertz CT molecular complexity index is 598. The molecular formula is C21H41NO4. The Morgan fingerprint density at radius 3 is 1.88 bits per heavy atom. The molecule has 0 fully saturated rings. The lowest BCUT2D eigenvalue weighted by Crippen LogP contribution is -2.45. The van der Waals surface area contributed by atoms with Crippen molar-refractivity contribution in [1.29, 1.82) is 0 Å². The predicted octanol–water partition coefficient (Wildman–Crippen LogP) is 3.45. The second kappa shape index (κ2) is 15.0. The summed E-state index contributed by atoms with van der Waals surface area (Å²) in [5.74, 6) is -2.57. The second-order valence-corrected chi connectivity index (χ2v) is 6.97. The maximum Gasteiger partial charge on any atom is 0.306 e. The molecule has 5 nitrogen and oxygen atoms in total. The predicted molar refractivity (Wildman–Crippen MR) is 103 cm³/mol. The van der Waals surface area contributed by atoms with Crippen molar-refractivity contribution in [3.63, 3.8) is 0 Å². The van der Waals surface area contributed by atoms with Gasteiger partial charge in [0, 0.05) is 18.8 Å². The number of aliphatic carboxylic acids is 1. The van der Waals surface area contributed by atoms with Gasteiger partial charge < -0.3 is 19.1 Å². The number of unbranched alkanes of at least 4 members (excludes halogenated alkanes) is 10. The SMILES string of the molecule is [2H]C([2H])([2H])[N+](C[C@@H](CC(=O)[O-])OC(=O)CCCCCCCCCCCCC)(C([2H])([2H])[2H])C([2H])([2H])[2H]. The van der Waals surface area contributed by atoms with E-state index in [2.05, 4.69) is 6.92 Å². The van der Waals surface area contributed by atoms with Crippen molar-refractivity contribution < 1.29 is 36.3 Å². The first-order valence-corrected chi connectivity index (χ1v) is 9.77. The fourth-order valence-corrected chi connectivity index (χ4v) is 2.81. The molecular weight excluding hydrogens is 330 g/mol. The molecule has 0 saturated carbocycles. The standard InChI is InChI=1S/C21H41NO4/c1-5-6-7-8-9-10-11-12-13-14-15-16-21(25)26-19(17-20(23)24)18-22(2,3)4/h19H,5-18H2,1-4H3/t19-/m1/s1/i2D3,3D3,4D3. The number of nitrogens with zero attached hydrogens (tertiary/aromatic N) is 1. The molecule has 1 atom stereocenters. The van der Waals surface area contributed by atoms with Gasteiger partial charge in [0.25, 0.3) is 0 Å². The van der Waals surface area contributed by atoms with Crippen LogP contribution in [-0.2, 0) is 14.3 Å². The Labute approximate surface area is 173 Å². The molecule has 0 radical (unpaired) electrons. The molecule has 0 unspecified atom stereocenters. The van der Waals surface area contributed by atoms with Crippen LogP contribution in [0.3, 0.4) is 0 Å². The first-order chi connectivity index (χ1) is 16.0. The third-order valence-electron chi connectivity index (χ3n) is 4.15. The maximum atomic E-state index is 12.3. The van der Waals surface area contributed by atoms with Crippen LogP contribution < -0.4 is 5.11 Å². The van der Waals surface area contributed by atoms with Gasteiger partial charge in [0.05, 0.1) is 33.3 Å². The Morgan fingerprint density at radius 1 is 0.923 bits per heavy atom. The van der Waals surface area contributed by atoms with Gasteiger partial charge in [0.15, 0.2) is 6.10 Å². The molecule has 0 N–H and O–H groups in total. The van der Waals surface area contributed by atoms with Crippen molar-refractivity contribution in [2.24, 2.45) is 0 Å². The van der Waals surface area contributed by atoms with Gasteiger partial charge in [-0.25, -0.2) is 0 Å². The number of rotatable bonds is 17. The molecule has 26 heavy (non-hydrogen) atoms. The van der Waals surface area contributed by atoms with Crippen molar-refractivity contribution in [3.8, 4) is 0 Å². The van der Waals surface area contributed by atoms with Crippen LogP contribution in [0.15, 0.2) is 0 Å². The summed E-state index contributed by atoms with van der Waals surface area (Å²) >= 11 is 0. The van der Waals surface area contributed by atoms with Crippen molar-refractivity contribution in [1.82, 2.24) is 0 Å². The van der Waals surface area contributed by atoms with Crippen LogP contribution in [0.25, 0.3) is 0 Å². The molecule has 0 aromatic carbocycles. The van der Waals surface area contributed by atoms with Crippen molar-refractivity contribution >= 4 is 11.9 Å². The first-order valence-electron chi connectivity index (χ1n) is 14.3. The molecule has 0 bridgehead atoms. The van der Waals surface area contributed by atoms with Gasteiger partial charge in [-0.2, -0.15) is 0 Å². The average Bonchev–Trinajstić information content (AvgIpc) is 2.66. The number of hydrogen-bond acceptors (Lipinski definition) is 4. The molecule has 0 aliphatic carbocycles. The fraction of sp³-hybridized carbons (Fsp3) is 0.905. The van der Waals surface area contributed by atoms with Gasteiger partial charge in [-0.3, -0.25) is 4.79 Å². The van der Waals surface area contributed by atoms with E-state index in [4.69, 9.17) is 17.1 Å². The summed E-state index contributed by atoms with van der Waals surface area (Å²) in [6.45, 7) is -9.77. The third-order valence-corrected chi connectivity index (χ3v) is 4.15. The molecule has 0 aliphatic rings. The van der Waals surface area contributed by atoms with Crippen LogP contribution in [0, 0.1) is 0 Å². The minimum Gasteiger partial charge on any atom is -0.550 e. The van der Waals surface area contributed by atoms with E-state index in [0.29, 0.717) is 6.42 Å². The Morgan fingerprint density at radius 2 is 1.42 bits per heavy atom. The lowest BCUT2D eigenvalue weighted by Gasteiger charge is -2.29. The largest absolute Gasteiger partial charge is 0.550 e. The van der Waals surface area contributed by atoms with Gasteiger partial charge >= 0.3 is 5.97 Å². The first kappa shape index (κ1) is 13.1. The highest BCUT2D eigenvalue weighted by Gasteiger charge is 2.22. The van der Waals surface area contributed by atoms with Gasteiger partial charge in [-0.05, 0) is 6.42 Å². The Hall–Kier alpha value is -1.10. The molecule has 0 spiro atoms. The van der Waals surface area contributed by atoms with Crippen LogP contribution in [0.1, 0.15) is 103 Å². The monoisotopic (exact) mass is 380 g/mol. The number of quaternary nitrogens is 1. The van der Waals surface area contributed by atoms with Gasteiger partial charge in [0.2, 0.25) is 0 Å². The van der Waals surface area contributed by atoms with E-state index < -0.39 is 56.4 Å². The smallest absolute Gasteiger partial charge is 0.306 e. The van der Waals surface area contributed by atoms with E-state index in [1.165, 1.54) is 38.5 Å². The summed E-state index contributed by atoms with van der Waals surface area (Å²) in [6, 6.07) is 0. The highest BCUT2D eigenvalue weighted by molar-refractivity contribution is 5.70. The Balaban J connectivity index is 4.90. The summed E-state index contributed by atoms with van der Waals surface area (Å²) in [5, 5.41) is 11.2. The van der Waals surface area contributed by atoms with Gasteiger partial charge in [-0.15, -0.1) is 0 Å². The zero-order valence-corrected chi connectivity index (χ0v) is 16.1. The summed E-state index contributed by atoms with van der Waals surface area (Å²) in [6.07, 6.45) is 8.78. The molecule has 0 aliphatic heterocycles. The van der Waals surface area contributed by atoms with Gasteiger partial charge in [0.1, 0.15) is 6.54 Å². The summed E-state index contributed by atoms with van der Waals surface area (Å²) in [7, 11) is 0. The fourth-order valence-electron chi connectivity index (χ4n) is 2.81. The van der Waals surface area contributed by atoms with Crippen molar-refractivity contribution in [2.75, 3.05) is 27.5 Å². The van der Waals surface area contributed by atoms with E-state index in [9.17, 15) is 14.7 Å². The number of ether oxygens (including phenoxy) is 1. The maximum absolute atomic E-state index is 12.3. The summed E-state index contributed by atoms with van der Waals surface area (Å²) in [4.78, 5) is 23.4. The zero-order chi connectivity index (χ0) is 27.3. The van der Waals surface area contributed by atoms with Gasteiger partial charge in [-0.1, -0.05) is 71.1 Å². The quantitative estimate of drug-likeness (QED) is 0.220. The van der Waals surface area contributed by atoms with E-state index in [0.717, 1.165) is 25.7 Å². The van der Waals surface area contributed by atoms with E-state index in [1.54, 1.807) is 0 Å². The lowest BCUT2D eigenvalue weighted by molar-refractivity contribution is -0.873. The summed E-state index contributed by atoms with van der Waals surface area (Å²) < 4.78 is 71.4. The van der Waals surface area contributed by atoms with E-state index in [1.807, 2.05) is 0 Å². The number of esters is 1. The molecule has 0 aromatic rings. The minimum absolute atomic E-state index is 0.0735. The molecule has 154 valence electrons. The number of hydrogen-bond donors (Lipinski definition) is 0. The topological polar surface area (TPSA) is 66.4 Å². The third kappa shape index (κ3) is 17.7. The van der Waals surface area contributed by atoms with Crippen molar-refractivity contribution in [3.05, 3.63) is 0 Å². The van der Waals surface area contributed by atoms with Crippen LogP contribution in [-0.4, -0.2) is 50.0 Å². The zero-order valence-electron chi connectivity index (χ0n) is 25.1.